The predicted octanol–water partition coefficient (Wildman–Crippen LogP) is 2.06. The lowest BCUT2D eigenvalue weighted by Gasteiger charge is -2.12. The first-order valence-corrected chi connectivity index (χ1v) is 5.74. The molecule has 2 aromatic rings. The Labute approximate surface area is 114 Å². The molecular weight excluding hydrogens is 271 g/mol. The van der Waals surface area contributed by atoms with Crippen molar-refractivity contribution in [2.75, 3.05) is 30.0 Å². The number of aromatic nitrogens is 3. The minimum Gasteiger partial charge on any atom is -0.368 e. The van der Waals surface area contributed by atoms with Gasteiger partial charge in [-0.15, -0.1) is 0 Å². The number of nitrogens with one attached hydrogen (secondary N) is 1. The molecule has 6 nitrogen and oxygen atoms in total. The first-order chi connectivity index (χ1) is 8.95. The average molecular weight is 283 g/mol. The molecule has 0 aliphatic carbocycles. The summed E-state index contributed by atoms with van der Waals surface area (Å²) in [4.78, 5) is 13.7. The van der Waals surface area contributed by atoms with Gasteiger partial charge in [-0.25, -0.2) is 4.39 Å². The van der Waals surface area contributed by atoms with E-state index in [2.05, 4.69) is 20.3 Å². The fourth-order valence-electron chi connectivity index (χ4n) is 1.35. The maximum atomic E-state index is 13.2. The van der Waals surface area contributed by atoms with Crippen LogP contribution in [-0.2, 0) is 0 Å². The quantitative estimate of drug-likeness (QED) is 0.897. The maximum absolute atomic E-state index is 13.2. The first-order valence-electron chi connectivity index (χ1n) is 5.36. The monoisotopic (exact) mass is 282 g/mol. The molecule has 0 aliphatic rings. The van der Waals surface area contributed by atoms with E-state index in [4.69, 9.17) is 17.3 Å². The number of hydrogen-bond donors (Lipinski definition) is 2. The van der Waals surface area contributed by atoms with E-state index in [-0.39, 0.29) is 11.9 Å². The van der Waals surface area contributed by atoms with Gasteiger partial charge >= 0.3 is 0 Å². The Kier molecular flexibility index (Phi) is 3.66. The van der Waals surface area contributed by atoms with Crippen LogP contribution in [0.1, 0.15) is 0 Å². The van der Waals surface area contributed by atoms with Crippen molar-refractivity contribution in [1.29, 1.82) is 0 Å². The van der Waals surface area contributed by atoms with Crippen molar-refractivity contribution in [3.8, 4) is 0 Å². The van der Waals surface area contributed by atoms with E-state index in [9.17, 15) is 4.39 Å². The molecule has 0 radical (unpaired) electrons. The molecule has 0 amide bonds. The molecule has 0 atom stereocenters. The topological polar surface area (TPSA) is 80.0 Å². The minimum atomic E-state index is -0.415. The highest BCUT2D eigenvalue weighted by atomic mass is 35.5. The number of nitrogens with two attached hydrogens (primary N) is 1. The number of halogens is 2. The molecule has 8 heteroatoms. The van der Waals surface area contributed by atoms with Crippen LogP contribution in [0.5, 0.6) is 0 Å². The zero-order valence-corrected chi connectivity index (χ0v) is 11.1. The largest absolute Gasteiger partial charge is 0.368 e. The van der Waals surface area contributed by atoms with Crippen LogP contribution in [0.15, 0.2) is 18.2 Å². The van der Waals surface area contributed by atoms with Gasteiger partial charge in [0.25, 0.3) is 0 Å². The Morgan fingerprint density at radius 1 is 1.26 bits per heavy atom. The predicted molar refractivity (Wildman–Crippen MR) is 73.3 cm³/mol. The van der Waals surface area contributed by atoms with Crippen LogP contribution in [0.3, 0.4) is 0 Å². The van der Waals surface area contributed by atoms with Crippen molar-refractivity contribution < 1.29 is 4.39 Å². The van der Waals surface area contributed by atoms with Crippen molar-refractivity contribution in [3.63, 3.8) is 0 Å². The van der Waals surface area contributed by atoms with Gasteiger partial charge < -0.3 is 16.0 Å². The Balaban J connectivity index is 2.35. The summed E-state index contributed by atoms with van der Waals surface area (Å²) in [5.74, 6) is 0.238. The van der Waals surface area contributed by atoms with Crippen molar-refractivity contribution >= 4 is 35.1 Å². The molecule has 0 saturated heterocycles. The standard InChI is InChI=1S/C11H12ClFN6/c1-19(2)11-17-9(14)16-10(18-11)15-8-5-6(13)3-4-7(8)12/h3-5H,1-2H3,(H3,14,15,16,17,18). The van der Waals surface area contributed by atoms with E-state index >= 15 is 0 Å². The normalized spacial score (nSPS) is 10.3. The van der Waals surface area contributed by atoms with E-state index in [0.29, 0.717) is 16.7 Å². The smallest absolute Gasteiger partial charge is 0.233 e. The second-order valence-electron chi connectivity index (χ2n) is 3.96. The zero-order chi connectivity index (χ0) is 14.0. The van der Waals surface area contributed by atoms with Gasteiger partial charge in [-0.1, -0.05) is 11.6 Å². The molecule has 0 fully saturated rings. The van der Waals surface area contributed by atoms with Gasteiger partial charge in [-0.2, -0.15) is 15.0 Å². The van der Waals surface area contributed by atoms with E-state index in [0.717, 1.165) is 0 Å². The SMILES string of the molecule is CN(C)c1nc(N)nc(Nc2cc(F)ccc2Cl)n1. The second-order valence-corrected chi connectivity index (χ2v) is 4.37. The summed E-state index contributed by atoms with van der Waals surface area (Å²) in [6.45, 7) is 0. The van der Waals surface area contributed by atoms with Gasteiger partial charge in [0.05, 0.1) is 10.7 Å². The molecule has 0 bridgehead atoms. The summed E-state index contributed by atoms with van der Waals surface area (Å²) >= 11 is 5.95. The molecule has 1 heterocycles. The summed E-state index contributed by atoms with van der Waals surface area (Å²) in [6, 6.07) is 3.95. The lowest BCUT2D eigenvalue weighted by Crippen LogP contribution is -2.15. The molecule has 0 aliphatic heterocycles. The summed E-state index contributed by atoms with van der Waals surface area (Å²) in [5.41, 5.74) is 5.94. The lowest BCUT2D eigenvalue weighted by atomic mass is 10.3. The summed E-state index contributed by atoms with van der Waals surface area (Å²) < 4.78 is 13.2. The van der Waals surface area contributed by atoms with Gasteiger partial charge in [0.1, 0.15) is 5.82 Å². The van der Waals surface area contributed by atoms with E-state index < -0.39 is 5.82 Å². The molecule has 0 saturated carbocycles. The third kappa shape index (κ3) is 3.19. The van der Waals surface area contributed by atoms with Crippen LogP contribution in [0.4, 0.5) is 27.9 Å². The van der Waals surface area contributed by atoms with Crippen molar-refractivity contribution in [1.82, 2.24) is 15.0 Å². The molecule has 1 aromatic heterocycles. The van der Waals surface area contributed by atoms with Crippen LogP contribution in [0, 0.1) is 5.82 Å². The van der Waals surface area contributed by atoms with Crippen molar-refractivity contribution in [3.05, 3.63) is 29.0 Å². The number of rotatable bonds is 3. The number of hydrogen-bond acceptors (Lipinski definition) is 6. The fourth-order valence-corrected chi connectivity index (χ4v) is 1.52. The Hall–Kier alpha value is -2.15. The van der Waals surface area contributed by atoms with E-state index in [1.165, 1.54) is 18.2 Å². The fraction of sp³-hybridized carbons (Fsp3) is 0.182. The third-order valence-corrected chi connectivity index (χ3v) is 2.55. The Bertz CT molecular complexity index is 604. The molecule has 1 aromatic carbocycles. The Morgan fingerprint density at radius 3 is 2.68 bits per heavy atom. The Morgan fingerprint density at radius 2 is 2.00 bits per heavy atom. The minimum absolute atomic E-state index is 0.0636. The second kappa shape index (κ2) is 5.23. The van der Waals surface area contributed by atoms with Gasteiger partial charge in [0.15, 0.2) is 0 Å². The van der Waals surface area contributed by atoms with Gasteiger partial charge in [-0.05, 0) is 18.2 Å². The molecule has 100 valence electrons. The van der Waals surface area contributed by atoms with Crippen molar-refractivity contribution in [2.45, 2.75) is 0 Å². The molecule has 2 rings (SSSR count). The highest BCUT2D eigenvalue weighted by Crippen LogP contribution is 2.25. The molecule has 0 unspecified atom stereocenters. The van der Waals surface area contributed by atoms with Crippen LogP contribution in [0.2, 0.25) is 5.02 Å². The number of anilines is 4. The molecule has 3 N–H and O–H groups in total. The van der Waals surface area contributed by atoms with Gasteiger partial charge in [0.2, 0.25) is 17.8 Å². The number of nitrogen functional groups attached to an aromatic ring is 1. The highest BCUT2D eigenvalue weighted by molar-refractivity contribution is 6.33. The van der Waals surface area contributed by atoms with E-state index in [1.54, 1.807) is 19.0 Å². The van der Waals surface area contributed by atoms with Crippen LogP contribution < -0.4 is 16.0 Å². The van der Waals surface area contributed by atoms with Crippen LogP contribution in [0.25, 0.3) is 0 Å². The van der Waals surface area contributed by atoms with Crippen LogP contribution >= 0.6 is 11.6 Å². The van der Waals surface area contributed by atoms with Gasteiger partial charge in [-0.3, -0.25) is 0 Å². The number of nitrogens with zero attached hydrogens (tertiary/aromatic N) is 4. The maximum Gasteiger partial charge on any atom is 0.233 e. The third-order valence-electron chi connectivity index (χ3n) is 2.22. The summed E-state index contributed by atoms with van der Waals surface area (Å²) in [5, 5.41) is 3.16. The summed E-state index contributed by atoms with van der Waals surface area (Å²) in [7, 11) is 3.54. The zero-order valence-electron chi connectivity index (χ0n) is 10.4. The van der Waals surface area contributed by atoms with Gasteiger partial charge in [0, 0.05) is 14.1 Å². The lowest BCUT2D eigenvalue weighted by molar-refractivity contribution is 0.628. The summed E-state index contributed by atoms with van der Waals surface area (Å²) in [6.07, 6.45) is 0. The number of benzene rings is 1. The average Bonchev–Trinajstić information content (AvgIpc) is 2.33. The molecular formula is C11H12ClFN6. The van der Waals surface area contributed by atoms with Crippen LogP contribution in [-0.4, -0.2) is 29.0 Å². The van der Waals surface area contributed by atoms with Crippen molar-refractivity contribution in [2.24, 2.45) is 0 Å². The highest BCUT2D eigenvalue weighted by Gasteiger charge is 2.08. The van der Waals surface area contributed by atoms with E-state index in [1.807, 2.05) is 0 Å². The molecule has 0 spiro atoms. The first kappa shape index (κ1) is 13.3. The molecule has 19 heavy (non-hydrogen) atoms.